The van der Waals surface area contributed by atoms with Crippen molar-refractivity contribution in [1.82, 2.24) is 10.2 Å². The Balaban J connectivity index is 1.52. The number of halogens is 2. The van der Waals surface area contributed by atoms with Gasteiger partial charge >= 0.3 is 10.2 Å². The first-order valence-corrected chi connectivity index (χ1v) is 14.3. The molecular formula is C28H28BrFN2O5S. The van der Waals surface area contributed by atoms with Crippen LogP contribution in [0.3, 0.4) is 0 Å². The van der Waals surface area contributed by atoms with Crippen LogP contribution in [-0.2, 0) is 32.8 Å². The fraction of sp³-hybridized carbons (Fsp3) is 0.286. The third-order valence-electron chi connectivity index (χ3n) is 6.40. The predicted molar refractivity (Wildman–Crippen MR) is 145 cm³/mol. The molecule has 1 aliphatic rings. The molecule has 0 spiro atoms. The van der Waals surface area contributed by atoms with Gasteiger partial charge in [-0.25, -0.2) is 0 Å². The van der Waals surface area contributed by atoms with Crippen molar-refractivity contribution in [2.75, 3.05) is 7.11 Å². The molecule has 3 aromatic rings. The quantitative estimate of drug-likeness (QED) is 0.308. The lowest BCUT2D eigenvalue weighted by molar-refractivity contribution is -0.141. The summed E-state index contributed by atoms with van der Waals surface area (Å²) in [6.45, 7) is 0.0943. The summed E-state index contributed by atoms with van der Waals surface area (Å²) in [4.78, 5) is 28.4. The highest BCUT2D eigenvalue weighted by molar-refractivity contribution is 9.10. The number of aryl methyl sites for hydroxylation is 1. The van der Waals surface area contributed by atoms with Crippen molar-refractivity contribution in [3.05, 3.63) is 94.0 Å². The van der Waals surface area contributed by atoms with Gasteiger partial charge in [-0.05, 0) is 72.4 Å². The van der Waals surface area contributed by atoms with Gasteiger partial charge in [-0.2, -0.15) is 8.42 Å². The SMILES string of the molecule is COc1ccc(CCC(=O)N(C2CC2)C(C(=O)NCc2ccc(S(=O)(=O)F)cc2)c2ccc(Br)cc2)cc1. The van der Waals surface area contributed by atoms with Crippen molar-refractivity contribution >= 4 is 38.0 Å². The molecule has 7 nitrogen and oxygen atoms in total. The van der Waals surface area contributed by atoms with Crippen molar-refractivity contribution in [3.63, 3.8) is 0 Å². The van der Waals surface area contributed by atoms with E-state index >= 15 is 0 Å². The second-order valence-corrected chi connectivity index (χ2v) is 11.4. The normalized spacial score (nSPS) is 14.0. The number of nitrogens with one attached hydrogen (secondary N) is 1. The first-order valence-electron chi connectivity index (χ1n) is 12.2. The summed E-state index contributed by atoms with van der Waals surface area (Å²) in [5.74, 6) is 0.288. The van der Waals surface area contributed by atoms with Gasteiger partial charge in [0.25, 0.3) is 0 Å². The van der Waals surface area contributed by atoms with Gasteiger partial charge in [0.1, 0.15) is 11.8 Å². The molecule has 1 unspecified atom stereocenters. The van der Waals surface area contributed by atoms with Gasteiger partial charge in [-0.15, -0.1) is 3.89 Å². The second-order valence-electron chi connectivity index (χ2n) is 9.13. The fourth-order valence-electron chi connectivity index (χ4n) is 4.22. The number of methoxy groups -OCH3 is 1. The molecule has 2 amide bonds. The molecule has 3 aromatic carbocycles. The molecule has 0 aromatic heterocycles. The van der Waals surface area contributed by atoms with Crippen molar-refractivity contribution in [2.45, 2.75) is 49.2 Å². The molecule has 1 aliphatic carbocycles. The van der Waals surface area contributed by atoms with Gasteiger partial charge in [-0.3, -0.25) is 9.59 Å². The lowest BCUT2D eigenvalue weighted by Crippen LogP contribution is -2.45. The minimum Gasteiger partial charge on any atom is -0.497 e. The number of nitrogens with zero attached hydrogens (tertiary/aromatic N) is 1. The summed E-state index contributed by atoms with van der Waals surface area (Å²) in [6, 6.07) is 19.2. The van der Waals surface area contributed by atoms with E-state index in [0.29, 0.717) is 17.5 Å². The molecule has 4 rings (SSSR count). The van der Waals surface area contributed by atoms with Gasteiger partial charge in [0.05, 0.1) is 12.0 Å². The molecule has 10 heteroatoms. The van der Waals surface area contributed by atoms with Gasteiger partial charge in [0.15, 0.2) is 0 Å². The molecule has 0 bridgehead atoms. The zero-order valence-electron chi connectivity index (χ0n) is 20.8. The van der Waals surface area contributed by atoms with Crippen LogP contribution < -0.4 is 10.1 Å². The minimum atomic E-state index is -4.80. The molecule has 0 saturated heterocycles. The third-order valence-corrected chi connectivity index (χ3v) is 7.76. The Labute approximate surface area is 230 Å². The Kier molecular flexibility index (Phi) is 8.83. The predicted octanol–water partition coefficient (Wildman–Crippen LogP) is 5.10. The first kappa shape index (κ1) is 27.8. The molecule has 0 aliphatic heterocycles. The monoisotopic (exact) mass is 602 g/mol. The highest BCUT2D eigenvalue weighted by atomic mass is 79.9. The Hall–Kier alpha value is -3.24. The summed E-state index contributed by atoms with van der Waals surface area (Å²) in [5, 5.41) is 2.87. The topological polar surface area (TPSA) is 92.8 Å². The summed E-state index contributed by atoms with van der Waals surface area (Å²) in [5.41, 5.74) is 2.29. The van der Waals surface area contributed by atoms with Crippen molar-refractivity contribution in [3.8, 4) is 5.75 Å². The molecule has 200 valence electrons. The Bertz CT molecular complexity index is 1380. The van der Waals surface area contributed by atoms with E-state index in [9.17, 15) is 21.9 Å². The molecular weight excluding hydrogens is 575 g/mol. The van der Waals surface area contributed by atoms with E-state index in [1.807, 2.05) is 48.5 Å². The maximum atomic E-state index is 13.6. The number of hydrogen-bond donors (Lipinski definition) is 1. The Morgan fingerprint density at radius 2 is 1.61 bits per heavy atom. The summed E-state index contributed by atoms with van der Waals surface area (Å²) >= 11 is 3.42. The number of benzene rings is 3. The lowest BCUT2D eigenvalue weighted by Gasteiger charge is -2.32. The zero-order valence-corrected chi connectivity index (χ0v) is 23.2. The molecule has 1 N–H and O–H groups in total. The maximum Gasteiger partial charge on any atom is 0.332 e. The summed E-state index contributed by atoms with van der Waals surface area (Å²) in [6.07, 6.45) is 2.44. The number of carbonyl (C=O) groups is 2. The molecule has 1 atom stereocenters. The average molecular weight is 604 g/mol. The standard InChI is InChI=1S/C28H28BrFN2O5S/c1-37-24-13-2-19(3-14-24)6-17-26(33)32(23-11-12-23)27(21-7-9-22(29)10-8-21)28(34)31-18-20-4-15-25(16-5-20)38(30,35)36/h2-5,7-10,13-16,23,27H,6,11-12,17-18H2,1H3,(H,31,34). The second kappa shape index (κ2) is 12.1. The highest BCUT2D eigenvalue weighted by Crippen LogP contribution is 2.36. The van der Waals surface area contributed by atoms with Crippen LogP contribution in [0.2, 0.25) is 0 Å². The van der Waals surface area contributed by atoms with Crippen LogP contribution in [0, 0.1) is 0 Å². The smallest absolute Gasteiger partial charge is 0.332 e. The Morgan fingerprint density at radius 3 is 2.16 bits per heavy atom. The van der Waals surface area contributed by atoms with Crippen LogP contribution in [0.5, 0.6) is 5.75 Å². The van der Waals surface area contributed by atoms with E-state index < -0.39 is 21.2 Å². The number of rotatable bonds is 11. The third kappa shape index (κ3) is 7.20. The summed E-state index contributed by atoms with van der Waals surface area (Å²) < 4.78 is 41.4. The van der Waals surface area contributed by atoms with Crippen LogP contribution in [0.25, 0.3) is 0 Å². The van der Waals surface area contributed by atoms with Crippen LogP contribution in [0.4, 0.5) is 3.89 Å². The molecule has 0 radical (unpaired) electrons. The minimum absolute atomic E-state index is 0.0215. The largest absolute Gasteiger partial charge is 0.497 e. The van der Waals surface area contributed by atoms with Gasteiger partial charge in [0.2, 0.25) is 11.8 Å². The molecule has 0 heterocycles. The summed E-state index contributed by atoms with van der Waals surface area (Å²) in [7, 11) is -3.20. The van der Waals surface area contributed by atoms with E-state index in [-0.39, 0.29) is 30.8 Å². The van der Waals surface area contributed by atoms with E-state index in [1.54, 1.807) is 12.0 Å². The first-order chi connectivity index (χ1) is 18.2. The van der Waals surface area contributed by atoms with Crippen molar-refractivity contribution < 1.29 is 26.6 Å². The zero-order chi connectivity index (χ0) is 27.3. The van der Waals surface area contributed by atoms with Crippen molar-refractivity contribution in [2.24, 2.45) is 0 Å². The van der Waals surface area contributed by atoms with Crippen LogP contribution >= 0.6 is 15.9 Å². The van der Waals surface area contributed by atoms with E-state index in [1.165, 1.54) is 12.1 Å². The van der Waals surface area contributed by atoms with Crippen LogP contribution in [0.1, 0.15) is 42.0 Å². The Morgan fingerprint density at radius 1 is 1.00 bits per heavy atom. The van der Waals surface area contributed by atoms with Crippen LogP contribution in [-0.4, -0.2) is 38.3 Å². The lowest BCUT2D eigenvalue weighted by atomic mass is 10.0. The molecule has 38 heavy (non-hydrogen) atoms. The van der Waals surface area contributed by atoms with Crippen molar-refractivity contribution in [1.29, 1.82) is 0 Å². The number of amides is 2. The van der Waals surface area contributed by atoms with E-state index in [0.717, 1.165) is 40.8 Å². The fourth-order valence-corrected chi connectivity index (χ4v) is 4.95. The van der Waals surface area contributed by atoms with Gasteiger partial charge < -0.3 is 15.0 Å². The molecule has 1 saturated carbocycles. The number of carbonyl (C=O) groups excluding carboxylic acids is 2. The van der Waals surface area contributed by atoms with Crippen LogP contribution in [0.15, 0.2) is 82.2 Å². The maximum absolute atomic E-state index is 13.6. The van der Waals surface area contributed by atoms with Gasteiger partial charge in [-0.1, -0.05) is 52.3 Å². The number of hydrogen-bond acceptors (Lipinski definition) is 5. The molecule has 1 fully saturated rings. The number of ether oxygens (including phenoxy) is 1. The average Bonchev–Trinajstić information content (AvgIpc) is 3.75. The van der Waals surface area contributed by atoms with Gasteiger partial charge in [0, 0.05) is 23.5 Å². The highest BCUT2D eigenvalue weighted by Gasteiger charge is 2.41. The van der Waals surface area contributed by atoms with E-state index in [2.05, 4.69) is 21.2 Å². The van der Waals surface area contributed by atoms with E-state index in [4.69, 9.17) is 4.74 Å².